The largest absolute Gasteiger partial charge is 0.370 e. The van der Waals surface area contributed by atoms with Gasteiger partial charge in [0, 0.05) is 43.5 Å². The first-order valence-electron chi connectivity index (χ1n) is 6.31. The van der Waals surface area contributed by atoms with Gasteiger partial charge in [0.05, 0.1) is 0 Å². The van der Waals surface area contributed by atoms with Crippen LogP contribution in [0.1, 0.15) is 13.3 Å². The Morgan fingerprint density at radius 2 is 2.11 bits per heavy atom. The predicted octanol–water partition coefficient (Wildman–Crippen LogP) is 2.04. The van der Waals surface area contributed by atoms with E-state index in [0.717, 1.165) is 13.1 Å². The highest BCUT2D eigenvalue weighted by atomic mass is 32.1. The summed E-state index contributed by atoms with van der Waals surface area (Å²) < 4.78 is 0. The molecule has 0 aromatic heterocycles. The summed E-state index contributed by atoms with van der Waals surface area (Å²) in [7, 11) is 2.07. The zero-order chi connectivity index (χ0) is 13.1. The summed E-state index contributed by atoms with van der Waals surface area (Å²) in [5, 5.41) is 0.201. The number of carbonyl (C=O) groups is 1. The molecule has 0 aliphatic carbocycles. The van der Waals surface area contributed by atoms with Crippen LogP contribution in [0.4, 0.5) is 5.69 Å². The van der Waals surface area contributed by atoms with E-state index in [1.807, 2.05) is 23.1 Å². The fourth-order valence-corrected chi connectivity index (χ4v) is 2.64. The van der Waals surface area contributed by atoms with Crippen molar-refractivity contribution in [2.75, 3.05) is 25.0 Å². The molecule has 0 spiro atoms. The van der Waals surface area contributed by atoms with Crippen LogP contribution in [-0.2, 0) is 4.79 Å². The van der Waals surface area contributed by atoms with Gasteiger partial charge >= 0.3 is 0 Å². The molecule has 1 aromatic rings. The van der Waals surface area contributed by atoms with E-state index in [9.17, 15) is 4.79 Å². The van der Waals surface area contributed by atoms with Crippen molar-refractivity contribution < 1.29 is 4.79 Å². The molecule has 0 N–H and O–H groups in total. The monoisotopic (exact) mass is 264 g/mol. The summed E-state index contributed by atoms with van der Waals surface area (Å²) in [5.74, 6) is 0.225. The molecule has 2 unspecified atom stereocenters. The molecule has 2 atom stereocenters. The van der Waals surface area contributed by atoms with Crippen molar-refractivity contribution in [2.45, 2.75) is 24.6 Å². The molecule has 4 heteroatoms. The topological polar surface area (TPSA) is 23.6 Å². The number of thiol groups is 1. The van der Waals surface area contributed by atoms with Gasteiger partial charge in [-0.1, -0.05) is 18.2 Å². The molecule has 1 aliphatic rings. The van der Waals surface area contributed by atoms with Crippen molar-refractivity contribution in [1.29, 1.82) is 0 Å². The smallest absolute Gasteiger partial charge is 0.223 e. The van der Waals surface area contributed by atoms with E-state index >= 15 is 0 Å². The second-order valence-corrected chi connectivity index (χ2v) is 5.68. The molecule has 0 saturated carbocycles. The number of likely N-dealkylation sites (N-methyl/N-ethyl adjacent to an activating group) is 1. The Labute approximate surface area is 114 Å². The number of nitrogens with zero attached hydrogens (tertiary/aromatic N) is 2. The molecular weight excluding hydrogens is 244 g/mol. The number of hydrogen-bond donors (Lipinski definition) is 1. The average Bonchev–Trinajstić information content (AvgIpc) is 2.68. The Morgan fingerprint density at radius 1 is 1.44 bits per heavy atom. The van der Waals surface area contributed by atoms with Crippen LogP contribution in [-0.4, -0.2) is 42.2 Å². The minimum absolute atomic E-state index is 0.201. The number of rotatable bonds is 4. The van der Waals surface area contributed by atoms with Crippen molar-refractivity contribution in [3.05, 3.63) is 30.3 Å². The van der Waals surface area contributed by atoms with Crippen LogP contribution in [0.5, 0.6) is 0 Å². The summed E-state index contributed by atoms with van der Waals surface area (Å²) in [6, 6.07) is 10.5. The van der Waals surface area contributed by atoms with Gasteiger partial charge in [-0.05, 0) is 19.1 Å². The van der Waals surface area contributed by atoms with Crippen LogP contribution in [0.3, 0.4) is 0 Å². The van der Waals surface area contributed by atoms with E-state index in [1.54, 1.807) is 0 Å². The lowest BCUT2D eigenvalue weighted by atomic mass is 10.2. The molecule has 1 aliphatic heterocycles. The number of amides is 1. The van der Waals surface area contributed by atoms with Crippen LogP contribution < -0.4 is 4.90 Å². The van der Waals surface area contributed by atoms with Gasteiger partial charge in [0.2, 0.25) is 5.91 Å². The molecule has 18 heavy (non-hydrogen) atoms. The maximum Gasteiger partial charge on any atom is 0.223 e. The highest BCUT2D eigenvalue weighted by molar-refractivity contribution is 7.81. The van der Waals surface area contributed by atoms with E-state index in [2.05, 4.69) is 43.6 Å². The highest BCUT2D eigenvalue weighted by Crippen LogP contribution is 2.19. The Morgan fingerprint density at radius 3 is 2.67 bits per heavy atom. The summed E-state index contributed by atoms with van der Waals surface area (Å²) in [6.07, 6.45) is 0.574. The Balaban J connectivity index is 1.96. The first-order valence-corrected chi connectivity index (χ1v) is 6.83. The summed E-state index contributed by atoms with van der Waals surface area (Å²) in [6.45, 7) is 3.68. The molecule has 1 heterocycles. The summed E-state index contributed by atoms with van der Waals surface area (Å²) in [5.41, 5.74) is 1.18. The summed E-state index contributed by atoms with van der Waals surface area (Å²) in [4.78, 5) is 15.9. The third-order valence-electron chi connectivity index (χ3n) is 3.50. The zero-order valence-electron chi connectivity index (χ0n) is 10.9. The van der Waals surface area contributed by atoms with E-state index < -0.39 is 0 Å². The molecule has 1 saturated heterocycles. The van der Waals surface area contributed by atoms with Crippen molar-refractivity contribution in [3.63, 3.8) is 0 Å². The molecule has 1 fully saturated rings. The predicted molar refractivity (Wildman–Crippen MR) is 78.3 cm³/mol. The average molecular weight is 264 g/mol. The van der Waals surface area contributed by atoms with E-state index in [-0.39, 0.29) is 11.2 Å². The lowest BCUT2D eigenvalue weighted by Gasteiger charge is -2.30. The van der Waals surface area contributed by atoms with E-state index in [0.29, 0.717) is 12.5 Å². The van der Waals surface area contributed by atoms with Gasteiger partial charge < -0.3 is 9.80 Å². The number of para-hydroxylation sites is 1. The first kappa shape index (κ1) is 13.3. The van der Waals surface area contributed by atoms with Gasteiger partial charge in [-0.3, -0.25) is 4.79 Å². The minimum atomic E-state index is 0.201. The lowest BCUT2D eigenvalue weighted by Crippen LogP contribution is -2.41. The molecule has 0 radical (unpaired) electrons. The van der Waals surface area contributed by atoms with Crippen molar-refractivity contribution >= 4 is 24.2 Å². The number of anilines is 1. The van der Waals surface area contributed by atoms with Gasteiger partial charge in [0.1, 0.15) is 0 Å². The molecule has 98 valence electrons. The Kier molecular flexibility index (Phi) is 4.17. The van der Waals surface area contributed by atoms with Crippen LogP contribution in [0.15, 0.2) is 30.3 Å². The Hall–Kier alpha value is -1.16. The van der Waals surface area contributed by atoms with Gasteiger partial charge in [-0.2, -0.15) is 12.6 Å². The molecule has 1 amide bonds. The lowest BCUT2D eigenvalue weighted by molar-refractivity contribution is -0.127. The van der Waals surface area contributed by atoms with Crippen molar-refractivity contribution in [1.82, 2.24) is 4.90 Å². The number of likely N-dealkylation sites (tertiary alicyclic amines) is 1. The van der Waals surface area contributed by atoms with Gasteiger partial charge in [0.25, 0.3) is 0 Å². The molecular formula is C14H20N2OS. The quantitative estimate of drug-likeness (QED) is 0.841. The zero-order valence-corrected chi connectivity index (χ0v) is 11.8. The molecule has 0 bridgehead atoms. The third-order valence-corrected chi connectivity index (χ3v) is 3.85. The van der Waals surface area contributed by atoms with E-state index in [4.69, 9.17) is 0 Å². The standard InChI is InChI=1S/C14H20N2OS/c1-11(9-16-10-13(18)8-14(16)17)15(2)12-6-4-3-5-7-12/h3-7,11,13,18H,8-10H2,1-2H3. The Bertz CT molecular complexity index is 410. The van der Waals surface area contributed by atoms with Gasteiger partial charge in [-0.25, -0.2) is 0 Å². The normalized spacial score (nSPS) is 21.2. The SMILES string of the molecule is CC(CN1CC(S)CC1=O)N(C)c1ccccc1. The highest BCUT2D eigenvalue weighted by Gasteiger charge is 2.28. The first-order chi connectivity index (χ1) is 8.58. The van der Waals surface area contributed by atoms with Crippen LogP contribution in [0, 0.1) is 0 Å². The minimum Gasteiger partial charge on any atom is -0.370 e. The molecule has 2 rings (SSSR count). The van der Waals surface area contributed by atoms with Gasteiger partial charge in [0.15, 0.2) is 0 Å². The van der Waals surface area contributed by atoms with Crippen molar-refractivity contribution in [3.8, 4) is 0 Å². The summed E-state index contributed by atoms with van der Waals surface area (Å²) >= 11 is 4.38. The molecule has 1 aromatic carbocycles. The maximum atomic E-state index is 11.7. The molecule has 3 nitrogen and oxygen atoms in total. The van der Waals surface area contributed by atoms with Crippen LogP contribution >= 0.6 is 12.6 Å². The van der Waals surface area contributed by atoms with E-state index in [1.165, 1.54) is 5.69 Å². The second kappa shape index (κ2) is 5.65. The number of benzene rings is 1. The number of carbonyl (C=O) groups excluding carboxylic acids is 1. The fourth-order valence-electron chi connectivity index (χ4n) is 2.29. The third kappa shape index (κ3) is 2.99. The second-order valence-electron chi connectivity index (χ2n) is 4.95. The van der Waals surface area contributed by atoms with Gasteiger partial charge in [-0.15, -0.1) is 0 Å². The van der Waals surface area contributed by atoms with Crippen LogP contribution in [0.25, 0.3) is 0 Å². The van der Waals surface area contributed by atoms with Crippen LogP contribution in [0.2, 0.25) is 0 Å². The van der Waals surface area contributed by atoms with Crippen molar-refractivity contribution in [2.24, 2.45) is 0 Å². The number of hydrogen-bond acceptors (Lipinski definition) is 3. The fraction of sp³-hybridized carbons (Fsp3) is 0.500. The maximum absolute atomic E-state index is 11.7.